The molecule has 3 heteroatoms. The van der Waals surface area contributed by atoms with Gasteiger partial charge in [-0.15, -0.1) is 0 Å². The molecule has 0 spiro atoms. The average Bonchev–Trinajstić information content (AvgIpc) is 2.49. The van der Waals surface area contributed by atoms with Gasteiger partial charge in [-0.3, -0.25) is 0 Å². The Morgan fingerprint density at radius 2 is 1.43 bits per heavy atom. The van der Waals surface area contributed by atoms with E-state index in [4.69, 9.17) is 14.2 Å². The maximum Gasteiger partial charge on any atom is 0.157 e. The van der Waals surface area contributed by atoms with E-state index < -0.39 is 0 Å². The van der Waals surface area contributed by atoms with Crippen LogP contribution >= 0.6 is 0 Å². The van der Waals surface area contributed by atoms with Gasteiger partial charge in [0.25, 0.3) is 0 Å². The van der Waals surface area contributed by atoms with Crippen LogP contribution in [0.1, 0.15) is 71.6 Å². The summed E-state index contributed by atoms with van der Waals surface area (Å²) in [4.78, 5) is 0. The summed E-state index contributed by atoms with van der Waals surface area (Å²) in [6.07, 6.45) is 12.2. The molecule has 4 aliphatic carbocycles. The van der Waals surface area contributed by atoms with Crippen molar-refractivity contribution in [3.8, 4) is 0 Å². The first kappa shape index (κ1) is 17.7. The van der Waals surface area contributed by atoms with E-state index in [9.17, 15) is 0 Å². The number of rotatable bonds is 11. The molecular weight excluding hydrogens is 288 g/mol. The standard InChI is InChI=1S/C20H36O3/c1-3-22-19(23-4-2)7-5-6-8-21-15-20-12-16-9-17(13-20)11-18(10-16)14-20/h16-19H,3-15H2,1-2H3. The summed E-state index contributed by atoms with van der Waals surface area (Å²) >= 11 is 0. The zero-order valence-electron chi connectivity index (χ0n) is 15.2. The van der Waals surface area contributed by atoms with Gasteiger partial charge in [0.15, 0.2) is 6.29 Å². The molecule has 0 saturated heterocycles. The first-order valence-corrected chi connectivity index (χ1v) is 10.0. The minimum atomic E-state index is -0.0202. The fourth-order valence-corrected chi connectivity index (χ4v) is 5.86. The van der Waals surface area contributed by atoms with E-state index in [-0.39, 0.29) is 6.29 Å². The summed E-state index contributed by atoms with van der Waals surface area (Å²) in [7, 11) is 0. The molecule has 134 valence electrons. The Bertz CT molecular complexity index is 314. The Labute approximate surface area is 142 Å². The predicted octanol–water partition coefficient (Wildman–Crippen LogP) is 4.79. The van der Waals surface area contributed by atoms with Crippen molar-refractivity contribution in [2.24, 2.45) is 23.2 Å². The number of hydrogen-bond acceptors (Lipinski definition) is 3. The van der Waals surface area contributed by atoms with E-state index in [1.807, 2.05) is 13.8 Å². The molecule has 0 unspecified atom stereocenters. The second-order valence-electron chi connectivity index (χ2n) is 8.31. The quantitative estimate of drug-likeness (QED) is 0.404. The van der Waals surface area contributed by atoms with Crippen LogP contribution in [0.4, 0.5) is 0 Å². The van der Waals surface area contributed by atoms with Crippen LogP contribution < -0.4 is 0 Å². The lowest BCUT2D eigenvalue weighted by atomic mass is 9.50. The molecule has 0 aliphatic heterocycles. The Kier molecular flexibility index (Phi) is 6.39. The van der Waals surface area contributed by atoms with Gasteiger partial charge in [0.1, 0.15) is 0 Å². The van der Waals surface area contributed by atoms with Crippen LogP contribution in [-0.2, 0) is 14.2 Å². The lowest BCUT2D eigenvalue weighted by Gasteiger charge is -2.56. The van der Waals surface area contributed by atoms with Crippen LogP contribution in [0.15, 0.2) is 0 Å². The second kappa shape index (κ2) is 8.31. The minimum absolute atomic E-state index is 0.0202. The van der Waals surface area contributed by atoms with Gasteiger partial charge in [-0.25, -0.2) is 0 Å². The normalized spacial score (nSPS) is 35.3. The molecule has 0 amide bonds. The van der Waals surface area contributed by atoms with Crippen molar-refractivity contribution >= 4 is 0 Å². The fraction of sp³-hybridized carbons (Fsp3) is 1.00. The molecule has 4 fully saturated rings. The summed E-state index contributed by atoms with van der Waals surface area (Å²) < 4.78 is 17.3. The highest BCUT2D eigenvalue weighted by Gasteiger charge is 2.50. The molecule has 0 aromatic heterocycles. The molecule has 3 nitrogen and oxygen atoms in total. The third kappa shape index (κ3) is 4.70. The van der Waals surface area contributed by atoms with Crippen molar-refractivity contribution in [1.82, 2.24) is 0 Å². The number of hydrogen-bond donors (Lipinski definition) is 0. The highest BCUT2D eigenvalue weighted by atomic mass is 16.7. The van der Waals surface area contributed by atoms with Crippen LogP contribution in [0.25, 0.3) is 0 Å². The van der Waals surface area contributed by atoms with Crippen molar-refractivity contribution in [2.75, 3.05) is 26.4 Å². The van der Waals surface area contributed by atoms with Crippen LogP contribution in [0, 0.1) is 23.2 Å². The Balaban J connectivity index is 1.30. The largest absolute Gasteiger partial charge is 0.381 e. The molecule has 0 heterocycles. The summed E-state index contributed by atoms with van der Waals surface area (Å²) in [5.74, 6) is 3.09. The maximum atomic E-state index is 6.14. The summed E-state index contributed by atoms with van der Waals surface area (Å²) in [6.45, 7) is 7.45. The lowest BCUT2D eigenvalue weighted by Crippen LogP contribution is -2.48. The third-order valence-corrected chi connectivity index (χ3v) is 6.26. The van der Waals surface area contributed by atoms with Gasteiger partial charge >= 0.3 is 0 Å². The van der Waals surface area contributed by atoms with Gasteiger partial charge in [0.05, 0.1) is 6.61 Å². The van der Waals surface area contributed by atoms with Gasteiger partial charge in [-0.05, 0) is 94.8 Å². The molecule has 4 saturated carbocycles. The van der Waals surface area contributed by atoms with Crippen molar-refractivity contribution in [1.29, 1.82) is 0 Å². The minimum Gasteiger partial charge on any atom is -0.381 e. The molecule has 0 atom stereocenters. The fourth-order valence-electron chi connectivity index (χ4n) is 5.86. The van der Waals surface area contributed by atoms with E-state index in [0.717, 1.165) is 63.4 Å². The highest BCUT2D eigenvalue weighted by molar-refractivity contribution is 5.01. The van der Waals surface area contributed by atoms with Crippen LogP contribution in [-0.4, -0.2) is 32.7 Å². The first-order valence-electron chi connectivity index (χ1n) is 10.0. The van der Waals surface area contributed by atoms with Crippen molar-refractivity contribution < 1.29 is 14.2 Å². The second-order valence-corrected chi connectivity index (χ2v) is 8.31. The maximum absolute atomic E-state index is 6.14. The van der Waals surface area contributed by atoms with Gasteiger partial charge in [-0.1, -0.05) is 0 Å². The number of unbranched alkanes of at least 4 members (excludes halogenated alkanes) is 1. The average molecular weight is 325 g/mol. The smallest absolute Gasteiger partial charge is 0.157 e. The summed E-state index contributed by atoms with van der Waals surface area (Å²) in [5.41, 5.74) is 0.563. The van der Waals surface area contributed by atoms with E-state index in [0.29, 0.717) is 5.41 Å². The van der Waals surface area contributed by atoms with Gasteiger partial charge < -0.3 is 14.2 Å². The molecule has 0 aromatic rings. The third-order valence-electron chi connectivity index (χ3n) is 6.26. The topological polar surface area (TPSA) is 27.7 Å². The predicted molar refractivity (Wildman–Crippen MR) is 92.3 cm³/mol. The molecule has 23 heavy (non-hydrogen) atoms. The molecule has 0 aromatic carbocycles. The van der Waals surface area contributed by atoms with E-state index >= 15 is 0 Å². The van der Waals surface area contributed by atoms with Crippen LogP contribution in [0.3, 0.4) is 0 Å². The zero-order valence-corrected chi connectivity index (χ0v) is 15.2. The summed E-state index contributed by atoms with van der Waals surface area (Å²) in [5, 5.41) is 0. The van der Waals surface area contributed by atoms with Crippen LogP contribution in [0.5, 0.6) is 0 Å². The lowest BCUT2D eigenvalue weighted by molar-refractivity contribution is -0.140. The zero-order chi connectivity index (χ0) is 16.1. The molecule has 4 aliphatic rings. The van der Waals surface area contributed by atoms with Gasteiger partial charge in [0.2, 0.25) is 0 Å². The Morgan fingerprint density at radius 3 is 1.96 bits per heavy atom. The monoisotopic (exact) mass is 324 g/mol. The first-order chi connectivity index (χ1) is 11.2. The SMILES string of the molecule is CCOC(CCCCOCC12CC3CC(CC(C3)C1)C2)OCC. The van der Waals surface area contributed by atoms with Crippen LogP contribution in [0.2, 0.25) is 0 Å². The van der Waals surface area contributed by atoms with E-state index in [1.165, 1.54) is 38.5 Å². The van der Waals surface area contributed by atoms with E-state index in [2.05, 4.69) is 0 Å². The Hall–Kier alpha value is -0.120. The molecule has 4 bridgehead atoms. The summed E-state index contributed by atoms with van der Waals surface area (Å²) in [6, 6.07) is 0. The highest BCUT2D eigenvalue weighted by Crippen LogP contribution is 2.60. The van der Waals surface area contributed by atoms with Gasteiger partial charge in [-0.2, -0.15) is 0 Å². The van der Waals surface area contributed by atoms with Gasteiger partial charge in [0, 0.05) is 19.8 Å². The van der Waals surface area contributed by atoms with Crippen molar-refractivity contribution in [2.45, 2.75) is 77.9 Å². The number of ether oxygens (including phenoxy) is 3. The molecular formula is C20H36O3. The molecule has 0 N–H and O–H groups in total. The van der Waals surface area contributed by atoms with E-state index in [1.54, 1.807) is 0 Å². The molecule has 4 rings (SSSR count). The Morgan fingerprint density at radius 1 is 0.870 bits per heavy atom. The molecule has 0 radical (unpaired) electrons. The van der Waals surface area contributed by atoms with Crippen molar-refractivity contribution in [3.05, 3.63) is 0 Å². The van der Waals surface area contributed by atoms with Crippen molar-refractivity contribution in [3.63, 3.8) is 0 Å².